The number of hydrogen-bond donors (Lipinski definition) is 2. The number of hydrogen-bond acceptors (Lipinski definition) is 4. The summed E-state index contributed by atoms with van der Waals surface area (Å²) in [6.45, 7) is 3.80. The average Bonchev–Trinajstić information content (AvgIpc) is 2.81. The molecule has 0 bridgehead atoms. The zero-order valence-corrected chi connectivity index (χ0v) is 21.5. The molecule has 0 spiro atoms. The summed E-state index contributed by atoms with van der Waals surface area (Å²) < 4.78 is 23.0. The molecule has 0 aliphatic carbocycles. The number of methoxy groups -OCH3 is 1. The molecule has 2 N–H and O–H groups in total. The first-order valence-electron chi connectivity index (χ1n) is 11.2. The van der Waals surface area contributed by atoms with E-state index in [-0.39, 0.29) is 22.4 Å². The molecule has 190 valence electrons. The number of nitrogens with one attached hydrogen (secondary N) is 1. The lowest BCUT2D eigenvalue weighted by Crippen LogP contribution is -2.43. The molecular formula is C26H30Cl2FNO5. The molecule has 6 nitrogen and oxygen atoms in total. The van der Waals surface area contributed by atoms with E-state index in [0.29, 0.717) is 25.4 Å². The minimum absolute atomic E-state index is 0.0823. The van der Waals surface area contributed by atoms with E-state index in [2.05, 4.69) is 5.32 Å². The molecule has 2 aromatic rings. The number of halogens is 3. The van der Waals surface area contributed by atoms with E-state index in [4.69, 9.17) is 32.7 Å². The molecule has 2 aromatic carbocycles. The van der Waals surface area contributed by atoms with E-state index in [0.717, 1.165) is 22.3 Å². The van der Waals surface area contributed by atoms with Gasteiger partial charge in [0.05, 0.1) is 20.4 Å². The second-order valence-electron chi connectivity index (χ2n) is 8.22. The lowest BCUT2D eigenvalue weighted by atomic mass is 9.98. The Balaban J connectivity index is 2.14. The predicted octanol–water partition coefficient (Wildman–Crippen LogP) is 5.70. The first-order chi connectivity index (χ1) is 16.7. The number of benzene rings is 2. The molecule has 0 radical (unpaired) electrons. The Bertz CT molecular complexity index is 1040. The van der Waals surface area contributed by atoms with Crippen molar-refractivity contribution in [2.24, 2.45) is 5.92 Å². The van der Waals surface area contributed by atoms with Crippen LogP contribution in [0.5, 0.6) is 5.75 Å². The van der Waals surface area contributed by atoms with Gasteiger partial charge in [-0.25, -0.2) is 4.79 Å². The smallest absolute Gasteiger partial charge is 0.326 e. The second kappa shape index (κ2) is 14.1. The first kappa shape index (κ1) is 28.6. The van der Waals surface area contributed by atoms with Gasteiger partial charge in [-0.15, -0.1) is 0 Å². The molecule has 0 aromatic heterocycles. The number of amides is 1. The van der Waals surface area contributed by atoms with Gasteiger partial charge in [-0.05, 0) is 35.1 Å². The standard InChI is InChI=1S/C26H30Cl2FNO5/c1-16(2)23(24(27)28)25(31)30-21(26(32)33)13-17-5-8-19(9-6-17)20-10-7-18(14-22(20)34-3)15-35-12-4-11-29/h5-10,14,16,21H,4,11-13,15H2,1-3H3,(H,30,31)(H,32,33). The highest BCUT2D eigenvalue weighted by molar-refractivity contribution is 6.57. The van der Waals surface area contributed by atoms with Gasteiger partial charge in [0, 0.05) is 24.2 Å². The highest BCUT2D eigenvalue weighted by Crippen LogP contribution is 2.31. The second-order valence-corrected chi connectivity index (χ2v) is 9.17. The van der Waals surface area contributed by atoms with Crippen molar-refractivity contribution < 1.29 is 28.6 Å². The van der Waals surface area contributed by atoms with E-state index in [1.165, 1.54) is 0 Å². The molecule has 0 aliphatic heterocycles. The highest BCUT2D eigenvalue weighted by Gasteiger charge is 2.25. The number of aliphatic carboxylic acids is 1. The average molecular weight is 526 g/mol. The lowest BCUT2D eigenvalue weighted by Gasteiger charge is -2.18. The minimum atomic E-state index is -1.16. The Kier molecular flexibility index (Phi) is 11.5. The summed E-state index contributed by atoms with van der Waals surface area (Å²) in [7, 11) is 1.58. The summed E-state index contributed by atoms with van der Waals surface area (Å²) in [5, 5.41) is 12.1. The van der Waals surface area contributed by atoms with E-state index >= 15 is 0 Å². The minimum Gasteiger partial charge on any atom is -0.496 e. The molecule has 9 heteroatoms. The summed E-state index contributed by atoms with van der Waals surface area (Å²) in [6.07, 6.45) is 0.447. The Morgan fingerprint density at radius 3 is 2.29 bits per heavy atom. The number of rotatable bonds is 13. The normalized spacial score (nSPS) is 11.7. The number of carboxylic acid groups (broad SMARTS) is 1. The van der Waals surface area contributed by atoms with Crippen LogP contribution in [0, 0.1) is 5.92 Å². The zero-order valence-electron chi connectivity index (χ0n) is 19.9. The van der Waals surface area contributed by atoms with Gasteiger partial charge in [-0.2, -0.15) is 0 Å². The molecular weight excluding hydrogens is 496 g/mol. The van der Waals surface area contributed by atoms with Crippen molar-refractivity contribution in [3.63, 3.8) is 0 Å². The van der Waals surface area contributed by atoms with Crippen molar-refractivity contribution in [2.75, 3.05) is 20.4 Å². The third-order valence-electron chi connectivity index (χ3n) is 5.29. The molecule has 1 amide bonds. The topological polar surface area (TPSA) is 84.9 Å². The third kappa shape index (κ3) is 8.53. The molecule has 35 heavy (non-hydrogen) atoms. The van der Waals surface area contributed by atoms with Crippen LogP contribution in [0.2, 0.25) is 0 Å². The SMILES string of the molecule is COc1cc(COCCCF)ccc1-c1ccc(CC(NC(=O)C(=C(Cl)Cl)C(C)C)C(=O)O)cc1. The first-order valence-corrected chi connectivity index (χ1v) is 11.9. The van der Waals surface area contributed by atoms with Crippen molar-refractivity contribution >= 4 is 35.1 Å². The van der Waals surface area contributed by atoms with Crippen LogP contribution in [-0.2, 0) is 27.4 Å². The molecule has 0 heterocycles. The molecule has 0 saturated carbocycles. The predicted molar refractivity (Wildman–Crippen MR) is 136 cm³/mol. The van der Waals surface area contributed by atoms with Crippen molar-refractivity contribution in [2.45, 2.75) is 39.3 Å². The van der Waals surface area contributed by atoms with Crippen molar-refractivity contribution in [1.82, 2.24) is 5.32 Å². The fraction of sp³-hybridized carbons (Fsp3) is 0.385. The monoisotopic (exact) mass is 525 g/mol. The fourth-order valence-corrected chi connectivity index (χ4v) is 4.08. The highest BCUT2D eigenvalue weighted by atomic mass is 35.5. The quantitative estimate of drug-likeness (QED) is 0.259. The van der Waals surface area contributed by atoms with Gasteiger partial charge in [-0.3, -0.25) is 9.18 Å². The maximum Gasteiger partial charge on any atom is 0.326 e. The number of alkyl halides is 1. The number of carboxylic acids is 1. The summed E-state index contributed by atoms with van der Waals surface area (Å²) in [5.41, 5.74) is 3.51. The maximum absolute atomic E-state index is 12.5. The van der Waals surface area contributed by atoms with E-state index in [9.17, 15) is 19.1 Å². The van der Waals surface area contributed by atoms with Gasteiger partial charge >= 0.3 is 5.97 Å². The van der Waals surface area contributed by atoms with Crippen LogP contribution in [0.3, 0.4) is 0 Å². The summed E-state index contributed by atoms with van der Waals surface area (Å²) in [5.74, 6) is -1.38. The van der Waals surface area contributed by atoms with Crippen molar-refractivity contribution in [3.8, 4) is 16.9 Å². The van der Waals surface area contributed by atoms with Crippen LogP contribution in [0.25, 0.3) is 11.1 Å². The molecule has 0 fully saturated rings. The van der Waals surface area contributed by atoms with Gasteiger partial charge < -0.3 is 19.9 Å². The largest absolute Gasteiger partial charge is 0.496 e. The zero-order chi connectivity index (χ0) is 26.0. The van der Waals surface area contributed by atoms with Gasteiger partial charge in [0.1, 0.15) is 16.3 Å². The van der Waals surface area contributed by atoms with Gasteiger partial charge in [0.15, 0.2) is 0 Å². The number of carbonyl (C=O) groups is 2. The van der Waals surface area contributed by atoms with E-state index in [1.807, 2.05) is 30.3 Å². The van der Waals surface area contributed by atoms with E-state index in [1.54, 1.807) is 33.1 Å². The van der Waals surface area contributed by atoms with Crippen LogP contribution < -0.4 is 10.1 Å². The molecule has 1 atom stereocenters. The van der Waals surface area contributed by atoms with Crippen LogP contribution in [0.15, 0.2) is 52.5 Å². The third-order valence-corrected chi connectivity index (χ3v) is 5.70. The van der Waals surface area contributed by atoms with Gasteiger partial charge in [0.25, 0.3) is 5.91 Å². The number of carbonyl (C=O) groups excluding carboxylic acids is 1. The molecule has 2 rings (SSSR count). The molecule has 0 saturated heterocycles. The Morgan fingerprint density at radius 1 is 1.09 bits per heavy atom. The van der Waals surface area contributed by atoms with Crippen molar-refractivity contribution in [3.05, 3.63) is 63.7 Å². The maximum atomic E-state index is 12.5. The summed E-state index contributed by atoms with van der Waals surface area (Å²) in [4.78, 5) is 24.3. The van der Waals surface area contributed by atoms with Crippen LogP contribution >= 0.6 is 23.2 Å². The lowest BCUT2D eigenvalue weighted by molar-refractivity contribution is -0.141. The van der Waals surface area contributed by atoms with Crippen LogP contribution in [0.4, 0.5) is 4.39 Å². The van der Waals surface area contributed by atoms with Crippen LogP contribution in [0.1, 0.15) is 31.4 Å². The number of ether oxygens (including phenoxy) is 2. The summed E-state index contributed by atoms with van der Waals surface area (Å²) >= 11 is 11.6. The Hall–Kier alpha value is -2.61. The summed E-state index contributed by atoms with van der Waals surface area (Å²) in [6, 6.07) is 11.9. The Morgan fingerprint density at radius 2 is 1.74 bits per heavy atom. The molecule has 0 aliphatic rings. The fourth-order valence-electron chi connectivity index (χ4n) is 3.47. The Labute approximate surface area is 215 Å². The van der Waals surface area contributed by atoms with Gasteiger partial charge in [-0.1, -0.05) is 73.4 Å². The van der Waals surface area contributed by atoms with Crippen LogP contribution in [-0.4, -0.2) is 43.4 Å². The van der Waals surface area contributed by atoms with Gasteiger partial charge in [0.2, 0.25) is 0 Å². The van der Waals surface area contributed by atoms with Crippen molar-refractivity contribution in [1.29, 1.82) is 0 Å². The van der Waals surface area contributed by atoms with E-state index < -0.39 is 24.6 Å². The molecule has 1 unspecified atom stereocenters.